The molecule has 0 aliphatic carbocycles. The van der Waals surface area contributed by atoms with Crippen LogP contribution in [0, 0.1) is 5.82 Å². The maximum absolute atomic E-state index is 14.0. The second-order valence-corrected chi connectivity index (χ2v) is 6.45. The van der Waals surface area contributed by atoms with E-state index in [-0.39, 0.29) is 13.2 Å². The molecule has 7 nitrogen and oxygen atoms in total. The van der Waals surface area contributed by atoms with Gasteiger partial charge in [0.2, 0.25) is 0 Å². The van der Waals surface area contributed by atoms with Crippen LogP contribution in [-0.4, -0.2) is 74.1 Å². The fourth-order valence-electron chi connectivity index (χ4n) is 2.47. The average molecular weight is 438 g/mol. The number of ether oxygens (including phenoxy) is 3. The monoisotopic (exact) mass is 438 g/mol. The molecular weight excluding hydrogens is 407 g/mol. The van der Waals surface area contributed by atoms with Crippen LogP contribution in [0.3, 0.4) is 0 Å². The van der Waals surface area contributed by atoms with E-state index in [1.165, 1.54) is 6.07 Å². The molecule has 31 heavy (non-hydrogen) atoms. The van der Waals surface area contributed by atoms with Gasteiger partial charge in [0.05, 0.1) is 58.8 Å². The highest BCUT2D eigenvalue weighted by atomic mass is 19.1. The Kier molecular flexibility index (Phi) is 14.1. The Balaban J connectivity index is 0.000000330. The van der Waals surface area contributed by atoms with Crippen LogP contribution >= 0.6 is 0 Å². The Morgan fingerprint density at radius 1 is 0.871 bits per heavy atom. The van der Waals surface area contributed by atoms with Crippen molar-refractivity contribution in [2.45, 2.75) is 12.8 Å². The molecule has 172 valence electrons. The summed E-state index contributed by atoms with van der Waals surface area (Å²) in [6, 6.07) is 13.7. The van der Waals surface area contributed by atoms with E-state index in [1.807, 2.05) is 30.3 Å². The SMILES string of the molecule is CC(C(=O)O)c1ccc(-c2ccccc2)c(F)c1.OCCOCCOCCOCCO. The number of rotatable bonds is 13. The Hall–Kier alpha value is -2.36. The van der Waals surface area contributed by atoms with Crippen molar-refractivity contribution in [2.24, 2.45) is 0 Å². The highest BCUT2D eigenvalue weighted by Crippen LogP contribution is 2.26. The number of aliphatic hydroxyl groups is 2. The van der Waals surface area contributed by atoms with Gasteiger partial charge in [0.15, 0.2) is 0 Å². The minimum atomic E-state index is -0.957. The third-order valence-electron chi connectivity index (χ3n) is 4.16. The molecule has 3 N–H and O–H groups in total. The summed E-state index contributed by atoms with van der Waals surface area (Å²) in [5.74, 6) is -2.06. The highest BCUT2D eigenvalue weighted by molar-refractivity contribution is 5.76. The molecule has 1 atom stereocenters. The molecule has 0 bridgehead atoms. The summed E-state index contributed by atoms with van der Waals surface area (Å²) in [4.78, 5) is 10.8. The summed E-state index contributed by atoms with van der Waals surface area (Å²) < 4.78 is 29.0. The lowest BCUT2D eigenvalue weighted by Gasteiger charge is -2.09. The van der Waals surface area contributed by atoms with Crippen LogP contribution in [0.2, 0.25) is 0 Å². The number of carboxylic acids is 1. The number of benzene rings is 2. The van der Waals surface area contributed by atoms with Gasteiger partial charge in [0.25, 0.3) is 0 Å². The zero-order valence-electron chi connectivity index (χ0n) is 17.7. The fourth-order valence-corrected chi connectivity index (χ4v) is 2.47. The minimum absolute atomic E-state index is 0.0413. The van der Waals surface area contributed by atoms with Gasteiger partial charge in [-0.15, -0.1) is 0 Å². The summed E-state index contributed by atoms with van der Waals surface area (Å²) in [5, 5.41) is 25.6. The summed E-state index contributed by atoms with van der Waals surface area (Å²) in [5.41, 5.74) is 1.74. The maximum atomic E-state index is 14.0. The van der Waals surface area contributed by atoms with Gasteiger partial charge < -0.3 is 29.5 Å². The first-order valence-corrected chi connectivity index (χ1v) is 10.0. The van der Waals surface area contributed by atoms with Crippen LogP contribution in [0.4, 0.5) is 4.39 Å². The van der Waals surface area contributed by atoms with Gasteiger partial charge in [0.1, 0.15) is 5.82 Å². The number of halogens is 1. The zero-order chi connectivity index (χ0) is 22.9. The lowest BCUT2D eigenvalue weighted by molar-refractivity contribution is -0.138. The van der Waals surface area contributed by atoms with Crippen LogP contribution in [0.5, 0.6) is 0 Å². The van der Waals surface area contributed by atoms with Gasteiger partial charge in [-0.1, -0.05) is 42.5 Å². The van der Waals surface area contributed by atoms with Crippen LogP contribution in [-0.2, 0) is 19.0 Å². The summed E-state index contributed by atoms with van der Waals surface area (Å²) in [7, 11) is 0. The molecule has 2 aromatic carbocycles. The Morgan fingerprint density at radius 3 is 1.84 bits per heavy atom. The minimum Gasteiger partial charge on any atom is -0.481 e. The van der Waals surface area contributed by atoms with E-state index in [9.17, 15) is 9.18 Å². The quantitative estimate of drug-likeness (QED) is 0.413. The van der Waals surface area contributed by atoms with E-state index in [1.54, 1.807) is 19.1 Å². The van der Waals surface area contributed by atoms with Crippen LogP contribution in [0.25, 0.3) is 11.1 Å². The van der Waals surface area contributed by atoms with Crippen molar-refractivity contribution in [2.75, 3.05) is 52.9 Å². The van der Waals surface area contributed by atoms with Crippen LogP contribution in [0.1, 0.15) is 18.4 Å². The number of aliphatic carboxylic acids is 1. The summed E-state index contributed by atoms with van der Waals surface area (Å²) in [6.45, 7) is 4.30. The first-order chi connectivity index (χ1) is 15.0. The van der Waals surface area contributed by atoms with Gasteiger partial charge in [-0.3, -0.25) is 4.79 Å². The molecule has 0 fully saturated rings. The Morgan fingerprint density at radius 2 is 1.39 bits per heavy atom. The third kappa shape index (κ3) is 11.0. The maximum Gasteiger partial charge on any atom is 0.310 e. The van der Waals surface area contributed by atoms with Crippen molar-refractivity contribution in [1.29, 1.82) is 0 Å². The molecule has 0 aliphatic heterocycles. The van der Waals surface area contributed by atoms with E-state index >= 15 is 0 Å². The smallest absolute Gasteiger partial charge is 0.310 e. The molecule has 8 heteroatoms. The number of aliphatic hydroxyl groups excluding tert-OH is 2. The number of hydrogen-bond acceptors (Lipinski definition) is 6. The van der Waals surface area contributed by atoms with Crippen molar-refractivity contribution in [1.82, 2.24) is 0 Å². The molecular formula is C23H31FO7. The predicted octanol–water partition coefficient (Wildman–Crippen LogP) is 2.70. The molecule has 0 aromatic heterocycles. The lowest BCUT2D eigenvalue weighted by atomic mass is 9.97. The van der Waals surface area contributed by atoms with Gasteiger partial charge in [0, 0.05) is 5.56 Å². The predicted molar refractivity (Wildman–Crippen MR) is 115 cm³/mol. The van der Waals surface area contributed by atoms with Crippen LogP contribution < -0.4 is 0 Å². The van der Waals surface area contributed by atoms with Crippen molar-refractivity contribution in [3.8, 4) is 11.1 Å². The second-order valence-electron chi connectivity index (χ2n) is 6.45. The van der Waals surface area contributed by atoms with Crippen molar-refractivity contribution in [3.63, 3.8) is 0 Å². The molecule has 0 saturated heterocycles. The highest BCUT2D eigenvalue weighted by Gasteiger charge is 2.15. The molecule has 2 rings (SSSR count). The van der Waals surface area contributed by atoms with Crippen molar-refractivity contribution in [3.05, 3.63) is 59.9 Å². The molecule has 0 amide bonds. The van der Waals surface area contributed by atoms with Gasteiger partial charge in [-0.05, 0) is 24.1 Å². The Bertz CT molecular complexity index is 730. The number of hydrogen-bond donors (Lipinski definition) is 3. The first kappa shape index (κ1) is 26.7. The third-order valence-corrected chi connectivity index (χ3v) is 4.16. The largest absolute Gasteiger partial charge is 0.481 e. The number of carbonyl (C=O) groups is 1. The summed E-state index contributed by atoms with van der Waals surface area (Å²) in [6.07, 6.45) is 0. The fraction of sp³-hybridized carbons (Fsp3) is 0.435. The first-order valence-electron chi connectivity index (χ1n) is 10.0. The standard InChI is InChI=1S/C15H13FO2.C8H18O5/c1-10(15(17)18)12-7-8-13(14(16)9-12)11-5-3-2-4-6-11;9-1-3-11-5-7-13-8-6-12-4-2-10/h2-10H,1H3,(H,17,18);9-10H,1-8H2. The average Bonchev–Trinajstić information content (AvgIpc) is 2.78. The summed E-state index contributed by atoms with van der Waals surface area (Å²) >= 11 is 0. The van der Waals surface area contributed by atoms with E-state index in [0.29, 0.717) is 50.8 Å². The molecule has 0 spiro atoms. The second kappa shape index (κ2) is 16.3. The van der Waals surface area contributed by atoms with E-state index in [0.717, 1.165) is 5.56 Å². The van der Waals surface area contributed by atoms with Gasteiger partial charge in [-0.25, -0.2) is 4.39 Å². The van der Waals surface area contributed by atoms with Gasteiger partial charge in [-0.2, -0.15) is 0 Å². The van der Waals surface area contributed by atoms with E-state index in [4.69, 9.17) is 29.5 Å². The number of carboxylic acid groups (broad SMARTS) is 1. The zero-order valence-corrected chi connectivity index (χ0v) is 17.7. The Labute approximate surface area is 182 Å². The van der Waals surface area contributed by atoms with E-state index < -0.39 is 17.7 Å². The van der Waals surface area contributed by atoms with Crippen molar-refractivity contribution < 1.29 is 38.7 Å². The molecule has 2 aromatic rings. The molecule has 0 heterocycles. The molecule has 1 unspecified atom stereocenters. The molecule has 0 saturated carbocycles. The topological polar surface area (TPSA) is 105 Å². The molecule has 0 aliphatic rings. The lowest BCUT2D eigenvalue weighted by Crippen LogP contribution is -2.11. The van der Waals surface area contributed by atoms with Crippen LogP contribution in [0.15, 0.2) is 48.5 Å². The normalized spacial score (nSPS) is 11.5. The van der Waals surface area contributed by atoms with E-state index in [2.05, 4.69) is 0 Å². The molecule has 0 radical (unpaired) electrons. The van der Waals surface area contributed by atoms with Gasteiger partial charge >= 0.3 is 5.97 Å². The van der Waals surface area contributed by atoms with Crippen molar-refractivity contribution >= 4 is 5.97 Å².